The Labute approximate surface area is 160 Å². The number of amides is 1. The first kappa shape index (κ1) is 19.4. The standard InChI is InChI=1S/C20H24N2O4S/c1-16-6-5-7-17(14-16)21-20(23)15-26-18-8-10-19(11-9-18)27(24,25)22-12-3-2-4-13-22/h5-11,14H,2-4,12-13,15H2,1H3,(H,21,23). The maximum atomic E-state index is 12.6. The van der Waals surface area contributed by atoms with Crippen molar-refractivity contribution in [2.45, 2.75) is 31.1 Å². The summed E-state index contributed by atoms with van der Waals surface area (Å²) in [7, 11) is -3.46. The Kier molecular flexibility index (Phi) is 6.13. The Hall–Kier alpha value is -2.38. The molecule has 1 fully saturated rings. The van der Waals surface area contributed by atoms with Crippen molar-refractivity contribution >= 4 is 21.6 Å². The zero-order valence-electron chi connectivity index (χ0n) is 15.3. The largest absolute Gasteiger partial charge is 0.484 e. The van der Waals surface area contributed by atoms with Crippen molar-refractivity contribution in [3.8, 4) is 5.75 Å². The lowest BCUT2D eigenvalue weighted by Crippen LogP contribution is -2.35. The first-order chi connectivity index (χ1) is 12.9. The minimum absolute atomic E-state index is 0.147. The normalized spacial score (nSPS) is 15.3. The maximum Gasteiger partial charge on any atom is 0.262 e. The van der Waals surface area contributed by atoms with Gasteiger partial charge in [-0.3, -0.25) is 4.79 Å². The fourth-order valence-corrected chi connectivity index (χ4v) is 4.55. The van der Waals surface area contributed by atoms with Gasteiger partial charge in [-0.25, -0.2) is 8.42 Å². The lowest BCUT2D eigenvalue weighted by Gasteiger charge is -2.25. The molecule has 7 heteroatoms. The molecule has 0 bridgehead atoms. The van der Waals surface area contributed by atoms with Gasteiger partial charge in [0, 0.05) is 18.8 Å². The minimum atomic E-state index is -3.46. The summed E-state index contributed by atoms with van der Waals surface area (Å²) >= 11 is 0. The molecule has 0 radical (unpaired) electrons. The summed E-state index contributed by atoms with van der Waals surface area (Å²) in [6, 6.07) is 13.7. The lowest BCUT2D eigenvalue weighted by atomic mass is 10.2. The number of carbonyl (C=O) groups is 1. The molecule has 3 rings (SSSR count). The average Bonchev–Trinajstić information content (AvgIpc) is 2.67. The van der Waals surface area contributed by atoms with Crippen molar-refractivity contribution in [3.05, 3.63) is 54.1 Å². The summed E-state index contributed by atoms with van der Waals surface area (Å²) in [5.74, 6) is 0.178. The van der Waals surface area contributed by atoms with Crippen LogP contribution in [0.15, 0.2) is 53.4 Å². The fraction of sp³-hybridized carbons (Fsp3) is 0.350. The Morgan fingerprint density at radius 3 is 2.44 bits per heavy atom. The highest BCUT2D eigenvalue weighted by molar-refractivity contribution is 7.89. The summed E-state index contributed by atoms with van der Waals surface area (Å²) in [5, 5.41) is 2.77. The van der Waals surface area contributed by atoms with E-state index in [-0.39, 0.29) is 17.4 Å². The van der Waals surface area contributed by atoms with E-state index in [2.05, 4.69) is 5.32 Å². The van der Waals surface area contributed by atoms with E-state index >= 15 is 0 Å². The predicted molar refractivity (Wildman–Crippen MR) is 104 cm³/mol. The van der Waals surface area contributed by atoms with Crippen LogP contribution in [0, 0.1) is 6.92 Å². The number of sulfonamides is 1. The molecule has 1 heterocycles. The number of anilines is 1. The summed E-state index contributed by atoms with van der Waals surface area (Å²) in [6.07, 6.45) is 2.87. The van der Waals surface area contributed by atoms with Gasteiger partial charge in [-0.15, -0.1) is 0 Å². The van der Waals surface area contributed by atoms with Crippen LogP contribution < -0.4 is 10.1 Å². The van der Waals surface area contributed by atoms with Crippen LogP contribution in [0.1, 0.15) is 24.8 Å². The van der Waals surface area contributed by atoms with Crippen molar-refractivity contribution in [1.82, 2.24) is 4.31 Å². The molecule has 0 saturated carbocycles. The molecule has 0 aromatic heterocycles. The van der Waals surface area contributed by atoms with E-state index in [9.17, 15) is 13.2 Å². The molecule has 0 spiro atoms. The Morgan fingerprint density at radius 2 is 1.78 bits per heavy atom. The first-order valence-electron chi connectivity index (χ1n) is 9.05. The van der Waals surface area contributed by atoms with Gasteiger partial charge in [0.15, 0.2) is 6.61 Å². The van der Waals surface area contributed by atoms with Crippen LogP contribution in [0.4, 0.5) is 5.69 Å². The van der Waals surface area contributed by atoms with Crippen LogP contribution in [0.2, 0.25) is 0 Å². The van der Waals surface area contributed by atoms with Gasteiger partial charge >= 0.3 is 0 Å². The number of nitrogens with one attached hydrogen (secondary N) is 1. The third-order valence-electron chi connectivity index (χ3n) is 4.45. The SMILES string of the molecule is Cc1cccc(NC(=O)COc2ccc(S(=O)(=O)N3CCCCC3)cc2)c1. The number of rotatable bonds is 6. The minimum Gasteiger partial charge on any atom is -0.484 e. The number of benzene rings is 2. The molecular weight excluding hydrogens is 364 g/mol. The van der Waals surface area contributed by atoms with E-state index in [0.29, 0.717) is 24.5 Å². The van der Waals surface area contributed by atoms with Gasteiger partial charge in [0.2, 0.25) is 10.0 Å². The second-order valence-corrected chi connectivity index (χ2v) is 8.58. The topological polar surface area (TPSA) is 75.7 Å². The second-order valence-electron chi connectivity index (χ2n) is 6.64. The van der Waals surface area contributed by atoms with Gasteiger partial charge in [0.1, 0.15) is 5.75 Å². The van der Waals surface area contributed by atoms with Crippen molar-refractivity contribution in [3.63, 3.8) is 0 Å². The van der Waals surface area contributed by atoms with Crippen LogP contribution in [0.3, 0.4) is 0 Å². The van der Waals surface area contributed by atoms with E-state index in [4.69, 9.17) is 4.74 Å². The highest BCUT2D eigenvalue weighted by Gasteiger charge is 2.25. The molecule has 2 aromatic rings. The van der Waals surface area contributed by atoms with E-state index in [1.165, 1.54) is 16.4 Å². The van der Waals surface area contributed by atoms with Crippen molar-refractivity contribution in [1.29, 1.82) is 0 Å². The van der Waals surface area contributed by atoms with Gasteiger partial charge < -0.3 is 10.1 Å². The van der Waals surface area contributed by atoms with Crippen molar-refractivity contribution in [2.24, 2.45) is 0 Å². The molecule has 0 unspecified atom stereocenters. The molecule has 1 N–H and O–H groups in total. The smallest absolute Gasteiger partial charge is 0.262 e. The Balaban J connectivity index is 1.56. The Morgan fingerprint density at radius 1 is 1.07 bits per heavy atom. The van der Waals surface area contributed by atoms with E-state index in [0.717, 1.165) is 24.8 Å². The summed E-state index contributed by atoms with van der Waals surface area (Å²) in [4.78, 5) is 12.2. The van der Waals surface area contributed by atoms with Crippen LogP contribution in [0.25, 0.3) is 0 Å². The molecular formula is C20H24N2O4S. The third-order valence-corrected chi connectivity index (χ3v) is 6.36. The van der Waals surface area contributed by atoms with Gasteiger partial charge in [-0.1, -0.05) is 18.6 Å². The molecule has 6 nitrogen and oxygen atoms in total. The summed E-state index contributed by atoms with van der Waals surface area (Å²) in [6.45, 7) is 2.94. The van der Waals surface area contributed by atoms with Gasteiger partial charge in [0.25, 0.3) is 5.91 Å². The van der Waals surface area contributed by atoms with Crippen LogP contribution in [-0.2, 0) is 14.8 Å². The van der Waals surface area contributed by atoms with Crippen molar-refractivity contribution in [2.75, 3.05) is 25.0 Å². The number of piperidine rings is 1. The van der Waals surface area contributed by atoms with Gasteiger partial charge in [-0.2, -0.15) is 4.31 Å². The van der Waals surface area contributed by atoms with Crippen LogP contribution in [-0.4, -0.2) is 38.3 Å². The van der Waals surface area contributed by atoms with E-state index in [1.54, 1.807) is 12.1 Å². The van der Waals surface area contributed by atoms with E-state index < -0.39 is 10.0 Å². The van der Waals surface area contributed by atoms with Gasteiger partial charge in [0.05, 0.1) is 4.90 Å². The molecule has 144 valence electrons. The average molecular weight is 388 g/mol. The molecule has 0 aliphatic carbocycles. The number of nitrogens with zero attached hydrogens (tertiary/aromatic N) is 1. The molecule has 27 heavy (non-hydrogen) atoms. The fourth-order valence-electron chi connectivity index (χ4n) is 3.03. The number of ether oxygens (including phenoxy) is 1. The summed E-state index contributed by atoms with van der Waals surface area (Å²) in [5.41, 5.74) is 1.77. The lowest BCUT2D eigenvalue weighted by molar-refractivity contribution is -0.118. The Bertz CT molecular complexity index is 888. The molecule has 1 aliphatic rings. The summed E-state index contributed by atoms with van der Waals surface area (Å²) < 4.78 is 32.2. The highest BCUT2D eigenvalue weighted by atomic mass is 32.2. The molecule has 1 amide bonds. The van der Waals surface area contributed by atoms with Crippen LogP contribution in [0.5, 0.6) is 5.75 Å². The predicted octanol–water partition coefficient (Wildman–Crippen LogP) is 3.19. The molecule has 1 saturated heterocycles. The maximum absolute atomic E-state index is 12.6. The number of hydrogen-bond acceptors (Lipinski definition) is 4. The zero-order valence-corrected chi connectivity index (χ0v) is 16.2. The number of aryl methyl sites for hydroxylation is 1. The second kappa shape index (κ2) is 8.54. The van der Waals surface area contributed by atoms with Gasteiger partial charge in [-0.05, 0) is 61.7 Å². The zero-order chi connectivity index (χ0) is 19.3. The highest BCUT2D eigenvalue weighted by Crippen LogP contribution is 2.22. The number of carbonyl (C=O) groups excluding carboxylic acids is 1. The first-order valence-corrected chi connectivity index (χ1v) is 10.5. The monoisotopic (exact) mass is 388 g/mol. The quantitative estimate of drug-likeness (QED) is 0.825. The number of hydrogen-bond donors (Lipinski definition) is 1. The molecule has 1 aliphatic heterocycles. The van der Waals surface area contributed by atoms with Crippen LogP contribution >= 0.6 is 0 Å². The third kappa shape index (κ3) is 5.08. The van der Waals surface area contributed by atoms with Crippen molar-refractivity contribution < 1.29 is 17.9 Å². The molecule has 2 aromatic carbocycles. The van der Waals surface area contributed by atoms with E-state index in [1.807, 2.05) is 31.2 Å². The molecule has 0 atom stereocenters.